The molecule has 0 saturated heterocycles. The summed E-state index contributed by atoms with van der Waals surface area (Å²) in [6.45, 7) is 1.91. The van der Waals surface area contributed by atoms with Crippen LogP contribution in [0.5, 0.6) is 0 Å². The van der Waals surface area contributed by atoms with Crippen LogP contribution in [0.15, 0.2) is 34.9 Å². The molecule has 0 aliphatic heterocycles. The van der Waals surface area contributed by atoms with Crippen LogP contribution in [0.3, 0.4) is 0 Å². The first-order chi connectivity index (χ1) is 9.00. The van der Waals surface area contributed by atoms with Crippen molar-refractivity contribution in [1.82, 2.24) is 9.97 Å². The summed E-state index contributed by atoms with van der Waals surface area (Å²) in [6.07, 6.45) is 1.59. The van der Waals surface area contributed by atoms with Gasteiger partial charge >= 0.3 is 0 Å². The highest BCUT2D eigenvalue weighted by Crippen LogP contribution is 2.30. The van der Waals surface area contributed by atoms with Crippen LogP contribution < -0.4 is 10.6 Å². The van der Waals surface area contributed by atoms with Gasteiger partial charge in [0.05, 0.1) is 10.5 Å². The third-order valence-corrected chi connectivity index (χ3v) is 3.57. The first kappa shape index (κ1) is 13.7. The molecule has 0 fully saturated rings. The Bertz CT molecular complexity index is 591. The Hall–Kier alpha value is -1.69. The summed E-state index contributed by atoms with van der Waals surface area (Å²) in [6, 6.07) is 6.51. The minimum absolute atomic E-state index is 0.174. The monoisotopic (exact) mass is 324 g/mol. The maximum Gasteiger partial charge on any atom is 0.222 e. The quantitative estimate of drug-likeness (QED) is 0.942. The van der Waals surface area contributed by atoms with Crippen molar-refractivity contribution in [1.29, 1.82) is 0 Å². The van der Waals surface area contributed by atoms with Crippen LogP contribution in [-0.4, -0.2) is 17.0 Å². The standard InChI is InChI=1S/C13H14BrFN4/c1-8(9-5-3-4-6-11(9)15)19(2)12-10(14)7-17-13(16)18-12/h3-8H,1-2H3,(H2,16,17,18). The van der Waals surface area contributed by atoms with E-state index in [4.69, 9.17) is 5.73 Å². The van der Waals surface area contributed by atoms with Gasteiger partial charge in [0.15, 0.2) is 0 Å². The van der Waals surface area contributed by atoms with Crippen molar-refractivity contribution >= 4 is 27.7 Å². The lowest BCUT2D eigenvalue weighted by Gasteiger charge is -2.27. The number of nitrogen functional groups attached to an aromatic ring is 1. The molecule has 1 aromatic carbocycles. The van der Waals surface area contributed by atoms with Gasteiger partial charge in [-0.3, -0.25) is 0 Å². The molecule has 19 heavy (non-hydrogen) atoms. The maximum atomic E-state index is 13.8. The number of anilines is 2. The second kappa shape index (κ2) is 5.52. The Morgan fingerprint density at radius 2 is 2.05 bits per heavy atom. The van der Waals surface area contributed by atoms with E-state index in [-0.39, 0.29) is 17.8 Å². The molecule has 1 heterocycles. The summed E-state index contributed by atoms with van der Waals surface area (Å²) in [7, 11) is 1.84. The van der Waals surface area contributed by atoms with E-state index in [9.17, 15) is 4.39 Å². The molecular weight excluding hydrogens is 311 g/mol. The van der Waals surface area contributed by atoms with Gasteiger partial charge in [0, 0.05) is 18.8 Å². The fourth-order valence-electron chi connectivity index (χ4n) is 1.82. The second-order valence-corrected chi connectivity index (χ2v) is 5.06. The van der Waals surface area contributed by atoms with Crippen LogP contribution in [0.4, 0.5) is 16.2 Å². The normalized spacial score (nSPS) is 12.2. The van der Waals surface area contributed by atoms with Gasteiger partial charge in [-0.1, -0.05) is 18.2 Å². The van der Waals surface area contributed by atoms with E-state index < -0.39 is 0 Å². The predicted octanol–water partition coefficient (Wildman–Crippen LogP) is 3.16. The first-order valence-electron chi connectivity index (χ1n) is 5.76. The van der Waals surface area contributed by atoms with Crippen LogP contribution in [0.2, 0.25) is 0 Å². The Morgan fingerprint density at radius 3 is 2.74 bits per heavy atom. The van der Waals surface area contributed by atoms with Gasteiger partial charge in [-0.25, -0.2) is 9.37 Å². The average molecular weight is 325 g/mol. The molecule has 0 amide bonds. The van der Waals surface area contributed by atoms with E-state index in [2.05, 4.69) is 25.9 Å². The molecule has 2 rings (SSSR count). The Labute approximate surface area is 119 Å². The summed E-state index contributed by atoms with van der Waals surface area (Å²) in [5, 5.41) is 0. The zero-order valence-corrected chi connectivity index (χ0v) is 12.2. The molecule has 100 valence electrons. The number of nitrogens with two attached hydrogens (primary N) is 1. The van der Waals surface area contributed by atoms with Crippen LogP contribution in [0.1, 0.15) is 18.5 Å². The summed E-state index contributed by atoms with van der Waals surface area (Å²) >= 11 is 3.37. The summed E-state index contributed by atoms with van der Waals surface area (Å²) < 4.78 is 14.5. The van der Waals surface area contributed by atoms with Gasteiger partial charge < -0.3 is 10.6 Å². The molecule has 4 nitrogen and oxygen atoms in total. The van der Waals surface area contributed by atoms with Gasteiger partial charge in [0.2, 0.25) is 5.95 Å². The van der Waals surface area contributed by atoms with Crippen LogP contribution in [-0.2, 0) is 0 Å². The number of rotatable bonds is 3. The third-order valence-electron chi connectivity index (χ3n) is 3.01. The van der Waals surface area contributed by atoms with Crippen molar-refractivity contribution in [2.45, 2.75) is 13.0 Å². The summed E-state index contributed by atoms with van der Waals surface area (Å²) in [5.74, 6) is 0.578. The lowest BCUT2D eigenvalue weighted by molar-refractivity contribution is 0.584. The molecule has 0 aliphatic carbocycles. The number of hydrogen-bond acceptors (Lipinski definition) is 4. The van der Waals surface area contributed by atoms with Gasteiger partial charge in [-0.05, 0) is 28.9 Å². The molecule has 0 aliphatic rings. The van der Waals surface area contributed by atoms with Gasteiger partial charge in [-0.2, -0.15) is 4.98 Å². The Balaban J connectivity index is 2.36. The first-order valence-corrected chi connectivity index (χ1v) is 6.55. The molecule has 1 aromatic heterocycles. The smallest absolute Gasteiger partial charge is 0.222 e. The maximum absolute atomic E-state index is 13.8. The van der Waals surface area contributed by atoms with Gasteiger partial charge in [0.25, 0.3) is 0 Å². The van der Waals surface area contributed by atoms with Crippen LogP contribution in [0.25, 0.3) is 0 Å². The number of hydrogen-bond donors (Lipinski definition) is 1. The van der Waals surface area contributed by atoms with Crippen LogP contribution >= 0.6 is 15.9 Å². The van der Waals surface area contributed by atoms with Gasteiger partial charge in [-0.15, -0.1) is 0 Å². The SMILES string of the molecule is CC(c1ccccc1F)N(C)c1nc(N)ncc1Br. The zero-order chi connectivity index (χ0) is 14.0. The lowest BCUT2D eigenvalue weighted by Crippen LogP contribution is -2.24. The van der Waals surface area contributed by atoms with Crippen molar-refractivity contribution in [2.24, 2.45) is 0 Å². The Morgan fingerprint density at radius 1 is 1.37 bits per heavy atom. The largest absolute Gasteiger partial charge is 0.368 e. The molecule has 1 atom stereocenters. The molecule has 6 heteroatoms. The molecular formula is C13H14BrFN4. The topological polar surface area (TPSA) is 55.0 Å². The highest BCUT2D eigenvalue weighted by atomic mass is 79.9. The van der Waals surface area contributed by atoms with Crippen molar-refractivity contribution in [3.8, 4) is 0 Å². The van der Waals surface area contributed by atoms with Crippen LogP contribution in [0, 0.1) is 5.82 Å². The lowest BCUT2D eigenvalue weighted by atomic mass is 10.1. The fourth-order valence-corrected chi connectivity index (χ4v) is 2.30. The number of benzene rings is 1. The molecule has 1 unspecified atom stereocenters. The van der Waals surface area contributed by atoms with Crippen molar-refractivity contribution in [3.05, 3.63) is 46.3 Å². The molecule has 0 saturated carbocycles. The third kappa shape index (κ3) is 2.84. The fraction of sp³-hybridized carbons (Fsp3) is 0.231. The summed E-state index contributed by atoms with van der Waals surface area (Å²) in [5.41, 5.74) is 6.20. The summed E-state index contributed by atoms with van der Waals surface area (Å²) in [4.78, 5) is 9.91. The minimum atomic E-state index is -0.236. The molecule has 0 radical (unpaired) electrons. The number of nitrogens with zero attached hydrogens (tertiary/aromatic N) is 3. The molecule has 0 spiro atoms. The second-order valence-electron chi connectivity index (χ2n) is 4.21. The van der Waals surface area contributed by atoms with Gasteiger partial charge in [0.1, 0.15) is 11.6 Å². The highest BCUT2D eigenvalue weighted by Gasteiger charge is 2.19. The molecule has 0 bridgehead atoms. The zero-order valence-electron chi connectivity index (χ0n) is 10.6. The molecule has 2 aromatic rings. The number of aromatic nitrogens is 2. The predicted molar refractivity (Wildman–Crippen MR) is 77.4 cm³/mol. The average Bonchev–Trinajstić information content (AvgIpc) is 2.40. The van der Waals surface area contributed by atoms with E-state index in [1.165, 1.54) is 6.07 Å². The van der Waals surface area contributed by atoms with E-state index >= 15 is 0 Å². The van der Waals surface area contributed by atoms with E-state index in [1.807, 2.05) is 24.9 Å². The minimum Gasteiger partial charge on any atom is -0.368 e. The van der Waals surface area contributed by atoms with E-state index in [0.29, 0.717) is 15.9 Å². The molecule has 2 N–H and O–H groups in total. The Kier molecular flexibility index (Phi) is 3.99. The van der Waals surface area contributed by atoms with E-state index in [0.717, 1.165) is 0 Å². The van der Waals surface area contributed by atoms with Crippen molar-refractivity contribution in [2.75, 3.05) is 17.7 Å². The van der Waals surface area contributed by atoms with Crippen molar-refractivity contribution < 1.29 is 4.39 Å². The van der Waals surface area contributed by atoms with Crippen molar-refractivity contribution in [3.63, 3.8) is 0 Å². The van der Waals surface area contributed by atoms with E-state index in [1.54, 1.807) is 18.3 Å². The highest BCUT2D eigenvalue weighted by molar-refractivity contribution is 9.10. The number of halogens is 2.